The van der Waals surface area contributed by atoms with Gasteiger partial charge in [-0.3, -0.25) is 4.79 Å². The van der Waals surface area contributed by atoms with Crippen LogP contribution in [0.3, 0.4) is 0 Å². The molecule has 3 rings (SSSR count). The Balaban J connectivity index is 1.64. The number of rotatable bonds is 6. The Morgan fingerprint density at radius 2 is 2.12 bits per heavy atom. The SMILES string of the molecule is CC(C)c1nc2ccc(NC(=O)CSc3nncn3C(C)C)cc2s1. The zero-order chi connectivity index (χ0) is 18.0. The third-order valence-corrected chi connectivity index (χ3v) is 5.89. The summed E-state index contributed by atoms with van der Waals surface area (Å²) in [6, 6.07) is 6.10. The number of hydrogen-bond donors (Lipinski definition) is 1. The lowest BCUT2D eigenvalue weighted by atomic mass is 10.2. The molecule has 0 fully saturated rings. The summed E-state index contributed by atoms with van der Waals surface area (Å²) in [5, 5.41) is 12.8. The molecule has 0 saturated carbocycles. The molecule has 2 heterocycles. The largest absolute Gasteiger partial charge is 0.325 e. The molecule has 0 aliphatic carbocycles. The first-order valence-corrected chi connectivity index (χ1v) is 9.97. The van der Waals surface area contributed by atoms with Crippen molar-refractivity contribution in [3.63, 3.8) is 0 Å². The molecule has 6 nitrogen and oxygen atoms in total. The average molecular weight is 376 g/mol. The van der Waals surface area contributed by atoms with Crippen LogP contribution in [-0.2, 0) is 4.79 Å². The summed E-state index contributed by atoms with van der Waals surface area (Å²) in [5.74, 6) is 0.644. The highest BCUT2D eigenvalue weighted by atomic mass is 32.2. The Labute approximate surface area is 155 Å². The van der Waals surface area contributed by atoms with Gasteiger partial charge < -0.3 is 9.88 Å². The summed E-state index contributed by atoms with van der Waals surface area (Å²) in [6.45, 7) is 8.38. The number of carbonyl (C=O) groups excluding carboxylic acids is 1. The maximum atomic E-state index is 12.2. The molecule has 3 aromatic rings. The minimum Gasteiger partial charge on any atom is -0.325 e. The van der Waals surface area contributed by atoms with Crippen LogP contribution in [0, 0.1) is 0 Å². The van der Waals surface area contributed by atoms with E-state index in [4.69, 9.17) is 0 Å². The van der Waals surface area contributed by atoms with Crippen molar-refractivity contribution >= 4 is 44.9 Å². The third kappa shape index (κ3) is 4.19. The van der Waals surface area contributed by atoms with Crippen molar-refractivity contribution in [3.8, 4) is 0 Å². The highest BCUT2D eigenvalue weighted by Crippen LogP contribution is 2.29. The molecule has 0 unspecified atom stereocenters. The van der Waals surface area contributed by atoms with Crippen LogP contribution in [0.15, 0.2) is 29.7 Å². The van der Waals surface area contributed by atoms with Crippen molar-refractivity contribution in [1.29, 1.82) is 0 Å². The van der Waals surface area contributed by atoms with E-state index in [0.29, 0.717) is 11.7 Å². The summed E-state index contributed by atoms with van der Waals surface area (Å²) in [5.41, 5.74) is 1.77. The van der Waals surface area contributed by atoms with Gasteiger partial charge in [0.1, 0.15) is 6.33 Å². The second kappa shape index (κ2) is 7.53. The summed E-state index contributed by atoms with van der Waals surface area (Å²) in [4.78, 5) is 16.8. The van der Waals surface area contributed by atoms with Gasteiger partial charge in [0.2, 0.25) is 5.91 Å². The number of fused-ring (bicyclic) bond motifs is 1. The number of thiazole rings is 1. The zero-order valence-electron chi connectivity index (χ0n) is 14.7. The lowest BCUT2D eigenvalue weighted by molar-refractivity contribution is -0.113. The van der Waals surface area contributed by atoms with Crippen molar-refractivity contribution in [2.75, 3.05) is 11.1 Å². The molecule has 25 heavy (non-hydrogen) atoms. The molecular weight excluding hydrogens is 354 g/mol. The number of thioether (sulfide) groups is 1. The minimum absolute atomic E-state index is 0.0590. The first kappa shape index (κ1) is 17.9. The van der Waals surface area contributed by atoms with Crippen LogP contribution in [0.4, 0.5) is 5.69 Å². The standard InChI is InChI=1S/C17H21N5OS2/c1-10(2)16-20-13-6-5-12(7-14(13)25-16)19-15(23)8-24-17-21-18-9-22(17)11(3)4/h5-7,9-11H,8H2,1-4H3,(H,19,23). The van der Waals surface area contributed by atoms with E-state index in [1.54, 1.807) is 17.7 Å². The average Bonchev–Trinajstić information content (AvgIpc) is 3.19. The maximum absolute atomic E-state index is 12.2. The summed E-state index contributed by atoms with van der Waals surface area (Å²) in [7, 11) is 0. The minimum atomic E-state index is -0.0590. The first-order chi connectivity index (χ1) is 11.9. The molecule has 1 aromatic carbocycles. The van der Waals surface area contributed by atoms with Crippen LogP contribution in [0.2, 0.25) is 0 Å². The van der Waals surface area contributed by atoms with E-state index in [1.165, 1.54) is 11.8 Å². The second-order valence-electron chi connectivity index (χ2n) is 6.34. The Hall–Kier alpha value is -1.93. The number of anilines is 1. The summed E-state index contributed by atoms with van der Waals surface area (Å²) >= 11 is 3.06. The molecular formula is C17H21N5OS2. The Morgan fingerprint density at radius 1 is 1.32 bits per heavy atom. The second-order valence-corrected chi connectivity index (χ2v) is 8.35. The topological polar surface area (TPSA) is 72.7 Å². The van der Waals surface area contributed by atoms with Gasteiger partial charge in [-0.2, -0.15) is 0 Å². The number of hydrogen-bond acceptors (Lipinski definition) is 6. The van der Waals surface area contributed by atoms with Gasteiger partial charge in [0.25, 0.3) is 0 Å². The summed E-state index contributed by atoms with van der Waals surface area (Å²) in [6.07, 6.45) is 1.69. The molecule has 1 N–H and O–H groups in total. The predicted octanol–water partition coefficient (Wildman–Crippen LogP) is 4.32. The van der Waals surface area contributed by atoms with Gasteiger partial charge in [0.15, 0.2) is 5.16 Å². The molecule has 0 saturated heterocycles. The molecule has 0 atom stereocenters. The Bertz CT molecular complexity index is 884. The molecule has 0 aliphatic rings. The number of aromatic nitrogens is 4. The van der Waals surface area contributed by atoms with Crippen LogP contribution in [0.25, 0.3) is 10.2 Å². The molecule has 8 heteroatoms. The maximum Gasteiger partial charge on any atom is 0.234 e. The van der Waals surface area contributed by atoms with Crippen LogP contribution in [0.5, 0.6) is 0 Å². The number of nitrogens with one attached hydrogen (secondary N) is 1. The molecule has 0 radical (unpaired) electrons. The molecule has 1 amide bonds. The van der Waals surface area contributed by atoms with E-state index in [1.807, 2.05) is 22.8 Å². The van der Waals surface area contributed by atoms with Crippen LogP contribution in [-0.4, -0.2) is 31.4 Å². The van der Waals surface area contributed by atoms with E-state index in [2.05, 4.69) is 48.2 Å². The highest BCUT2D eigenvalue weighted by molar-refractivity contribution is 7.99. The van der Waals surface area contributed by atoms with Crippen LogP contribution < -0.4 is 5.32 Å². The number of carbonyl (C=O) groups is 1. The molecule has 0 aliphatic heterocycles. The van der Waals surface area contributed by atoms with E-state index < -0.39 is 0 Å². The van der Waals surface area contributed by atoms with Crippen molar-refractivity contribution in [3.05, 3.63) is 29.5 Å². The van der Waals surface area contributed by atoms with Crippen LogP contribution in [0.1, 0.15) is 44.7 Å². The van der Waals surface area contributed by atoms with Gasteiger partial charge in [-0.25, -0.2) is 4.98 Å². The lowest BCUT2D eigenvalue weighted by Crippen LogP contribution is -2.14. The van der Waals surface area contributed by atoms with Crippen LogP contribution >= 0.6 is 23.1 Å². The fraction of sp³-hybridized carbons (Fsp3) is 0.412. The van der Waals surface area contributed by atoms with Gasteiger partial charge in [-0.15, -0.1) is 21.5 Å². The van der Waals surface area contributed by atoms with Crippen molar-refractivity contribution in [2.24, 2.45) is 0 Å². The fourth-order valence-electron chi connectivity index (χ4n) is 2.28. The quantitative estimate of drug-likeness (QED) is 0.650. The van der Waals surface area contributed by atoms with Gasteiger partial charge >= 0.3 is 0 Å². The van der Waals surface area contributed by atoms with E-state index >= 15 is 0 Å². The third-order valence-electron chi connectivity index (χ3n) is 3.61. The predicted molar refractivity (Wildman–Crippen MR) is 103 cm³/mol. The lowest BCUT2D eigenvalue weighted by Gasteiger charge is -2.09. The van der Waals surface area contributed by atoms with Gasteiger partial charge in [0.05, 0.1) is 21.0 Å². The molecule has 0 spiro atoms. The number of benzene rings is 1. The normalized spacial score (nSPS) is 11.6. The molecule has 2 aromatic heterocycles. The highest BCUT2D eigenvalue weighted by Gasteiger charge is 2.12. The number of amides is 1. The number of nitrogens with zero attached hydrogens (tertiary/aromatic N) is 4. The van der Waals surface area contributed by atoms with Crippen molar-refractivity contribution in [2.45, 2.75) is 44.8 Å². The van der Waals surface area contributed by atoms with Gasteiger partial charge in [0, 0.05) is 17.6 Å². The smallest absolute Gasteiger partial charge is 0.234 e. The Kier molecular flexibility index (Phi) is 5.39. The van der Waals surface area contributed by atoms with E-state index in [-0.39, 0.29) is 11.9 Å². The first-order valence-electron chi connectivity index (χ1n) is 8.16. The fourth-order valence-corrected chi connectivity index (χ4v) is 4.14. The zero-order valence-corrected chi connectivity index (χ0v) is 16.3. The van der Waals surface area contributed by atoms with Gasteiger partial charge in [-0.1, -0.05) is 25.6 Å². The van der Waals surface area contributed by atoms with E-state index in [9.17, 15) is 4.79 Å². The monoisotopic (exact) mass is 375 g/mol. The summed E-state index contributed by atoms with van der Waals surface area (Å²) < 4.78 is 3.04. The Morgan fingerprint density at radius 3 is 2.84 bits per heavy atom. The van der Waals surface area contributed by atoms with Gasteiger partial charge in [-0.05, 0) is 32.0 Å². The molecule has 132 valence electrons. The van der Waals surface area contributed by atoms with E-state index in [0.717, 1.165) is 26.1 Å². The molecule has 0 bridgehead atoms. The van der Waals surface area contributed by atoms with Crippen molar-refractivity contribution in [1.82, 2.24) is 19.7 Å². The van der Waals surface area contributed by atoms with Crippen molar-refractivity contribution < 1.29 is 4.79 Å².